The van der Waals surface area contributed by atoms with Gasteiger partial charge in [0.2, 0.25) is 0 Å². The van der Waals surface area contributed by atoms with Gasteiger partial charge in [-0.15, -0.1) is 0 Å². The van der Waals surface area contributed by atoms with Crippen LogP contribution in [-0.4, -0.2) is 16.1 Å². The molecule has 0 unspecified atom stereocenters. The summed E-state index contributed by atoms with van der Waals surface area (Å²) in [5.74, 6) is -0.0561. The van der Waals surface area contributed by atoms with Crippen LogP contribution in [0.4, 0.5) is 0 Å². The third kappa shape index (κ3) is 2.80. The maximum Gasteiger partial charge on any atom is 0.336 e. The summed E-state index contributed by atoms with van der Waals surface area (Å²) in [6, 6.07) is 13.8. The van der Waals surface area contributed by atoms with Gasteiger partial charge in [0, 0.05) is 12.3 Å². The van der Waals surface area contributed by atoms with Crippen LogP contribution in [0.15, 0.2) is 54.7 Å². The number of benzene rings is 2. The largest absolute Gasteiger partial charge is 0.478 e. The molecule has 0 saturated heterocycles. The fraction of sp³-hybridized carbons (Fsp3) is 0. The predicted molar refractivity (Wildman–Crippen MR) is 80.2 cm³/mol. The Balaban J connectivity index is 2.09. The van der Waals surface area contributed by atoms with Gasteiger partial charge in [-0.05, 0) is 29.0 Å². The van der Waals surface area contributed by atoms with Crippen molar-refractivity contribution in [3.8, 4) is 11.5 Å². The van der Waals surface area contributed by atoms with E-state index in [4.69, 9.17) is 16.3 Å². The lowest BCUT2D eigenvalue weighted by Crippen LogP contribution is -1.98. The first-order chi connectivity index (χ1) is 10.1. The first-order valence-corrected chi connectivity index (χ1v) is 6.57. The van der Waals surface area contributed by atoms with Crippen LogP contribution >= 0.6 is 11.6 Å². The molecule has 0 bridgehead atoms. The smallest absolute Gasteiger partial charge is 0.336 e. The van der Waals surface area contributed by atoms with Gasteiger partial charge >= 0.3 is 5.97 Å². The zero-order chi connectivity index (χ0) is 14.8. The molecular formula is C16H10ClNO3. The second-order valence-corrected chi connectivity index (χ2v) is 4.80. The summed E-state index contributed by atoms with van der Waals surface area (Å²) >= 11 is 5.80. The number of fused-ring (bicyclic) bond motifs is 1. The molecule has 0 atom stereocenters. The van der Waals surface area contributed by atoms with Gasteiger partial charge in [-0.3, -0.25) is 0 Å². The lowest BCUT2D eigenvalue weighted by Gasteiger charge is -2.09. The van der Waals surface area contributed by atoms with Crippen molar-refractivity contribution in [1.29, 1.82) is 0 Å². The number of pyridine rings is 1. The van der Waals surface area contributed by atoms with E-state index in [0.29, 0.717) is 22.0 Å². The lowest BCUT2D eigenvalue weighted by molar-refractivity contribution is 0.0698. The second kappa shape index (κ2) is 5.42. The molecular weight excluding hydrogens is 290 g/mol. The number of ether oxygens (including phenoxy) is 1. The Morgan fingerprint density at radius 1 is 1.10 bits per heavy atom. The molecule has 4 nitrogen and oxygen atoms in total. The number of hydrogen-bond acceptors (Lipinski definition) is 3. The van der Waals surface area contributed by atoms with Gasteiger partial charge in [-0.1, -0.05) is 35.9 Å². The van der Waals surface area contributed by atoms with Crippen LogP contribution in [0.5, 0.6) is 11.5 Å². The monoisotopic (exact) mass is 299 g/mol. The Labute approximate surface area is 125 Å². The topological polar surface area (TPSA) is 59.4 Å². The minimum Gasteiger partial charge on any atom is -0.478 e. The number of aromatic carboxylic acids is 1. The molecule has 0 radical (unpaired) electrons. The maximum atomic E-state index is 11.4. The molecule has 3 aromatic rings. The molecule has 1 heterocycles. The average Bonchev–Trinajstić information content (AvgIpc) is 2.46. The van der Waals surface area contributed by atoms with Gasteiger partial charge in [-0.25, -0.2) is 9.78 Å². The summed E-state index contributed by atoms with van der Waals surface area (Å²) in [5, 5.41) is 11.1. The van der Waals surface area contributed by atoms with Gasteiger partial charge in [0.1, 0.15) is 16.7 Å². The molecule has 0 aliphatic heterocycles. The van der Waals surface area contributed by atoms with Crippen LogP contribution in [0.25, 0.3) is 10.8 Å². The van der Waals surface area contributed by atoms with E-state index in [1.165, 1.54) is 12.3 Å². The standard InChI is InChI=1S/C16H10ClNO3/c17-15-9-11(5-6-18-15)21-12-7-10-3-1-2-4-13(10)14(8-12)16(19)20/h1-9H,(H,19,20). The highest BCUT2D eigenvalue weighted by Gasteiger charge is 2.11. The molecule has 104 valence electrons. The van der Waals surface area contributed by atoms with Crippen LogP contribution < -0.4 is 4.74 Å². The summed E-state index contributed by atoms with van der Waals surface area (Å²) in [6.45, 7) is 0. The van der Waals surface area contributed by atoms with E-state index in [0.717, 1.165) is 5.39 Å². The van der Waals surface area contributed by atoms with Gasteiger partial charge in [0.15, 0.2) is 0 Å². The molecule has 2 aromatic carbocycles. The van der Waals surface area contributed by atoms with Crippen molar-refractivity contribution in [2.75, 3.05) is 0 Å². The third-order valence-electron chi connectivity index (χ3n) is 3.00. The van der Waals surface area contributed by atoms with E-state index in [2.05, 4.69) is 4.98 Å². The molecule has 0 aliphatic rings. The van der Waals surface area contributed by atoms with Crippen LogP contribution in [0, 0.1) is 0 Å². The number of hydrogen-bond donors (Lipinski definition) is 1. The Hall–Kier alpha value is -2.59. The van der Waals surface area contributed by atoms with E-state index in [9.17, 15) is 9.90 Å². The normalized spacial score (nSPS) is 10.5. The van der Waals surface area contributed by atoms with Crippen molar-refractivity contribution >= 4 is 28.3 Å². The van der Waals surface area contributed by atoms with E-state index in [-0.39, 0.29) is 5.56 Å². The number of carboxylic acid groups (broad SMARTS) is 1. The number of halogens is 1. The number of rotatable bonds is 3. The van der Waals surface area contributed by atoms with Crippen LogP contribution in [-0.2, 0) is 0 Å². The van der Waals surface area contributed by atoms with E-state index < -0.39 is 5.97 Å². The van der Waals surface area contributed by atoms with E-state index >= 15 is 0 Å². The molecule has 1 N–H and O–H groups in total. The summed E-state index contributed by atoms with van der Waals surface area (Å²) in [7, 11) is 0. The van der Waals surface area contributed by atoms with Crippen molar-refractivity contribution in [1.82, 2.24) is 4.98 Å². The van der Waals surface area contributed by atoms with E-state index in [1.807, 2.05) is 12.1 Å². The minimum atomic E-state index is -0.996. The molecule has 1 aromatic heterocycles. The van der Waals surface area contributed by atoms with Crippen molar-refractivity contribution < 1.29 is 14.6 Å². The molecule has 0 amide bonds. The highest BCUT2D eigenvalue weighted by atomic mass is 35.5. The third-order valence-corrected chi connectivity index (χ3v) is 3.21. The maximum absolute atomic E-state index is 11.4. The Morgan fingerprint density at radius 3 is 2.67 bits per heavy atom. The quantitative estimate of drug-likeness (QED) is 0.729. The lowest BCUT2D eigenvalue weighted by atomic mass is 10.0. The van der Waals surface area contributed by atoms with Crippen LogP contribution in [0.3, 0.4) is 0 Å². The Morgan fingerprint density at radius 2 is 1.90 bits per heavy atom. The first-order valence-electron chi connectivity index (χ1n) is 6.19. The summed E-state index contributed by atoms with van der Waals surface area (Å²) in [5.41, 5.74) is 0.197. The van der Waals surface area contributed by atoms with Gasteiger partial charge < -0.3 is 9.84 Å². The average molecular weight is 300 g/mol. The molecule has 0 spiro atoms. The predicted octanol–water partition coefficient (Wildman–Crippen LogP) is 4.38. The zero-order valence-electron chi connectivity index (χ0n) is 10.8. The molecule has 21 heavy (non-hydrogen) atoms. The summed E-state index contributed by atoms with van der Waals surface area (Å²) < 4.78 is 5.67. The van der Waals surface area contributed by atoms with Crippen molar-refractivity contribution in [2.24, 2.45) is 0 Å². The number of carboxylic acids is 1. The van der Waals surface area contributed by atoms with Crippen molar-refractivity contribution in [2.45, 2.75) is 0 Å². The number of aromatic nitrogens is 1. The highest BCUT2D eigenvalue weighted by molar-refractivity contribution is 6.29. The zero-order valence-corrected chi connectivity index (χ0v) is 11.5. The minimum absolute atomic E-state index is 0.197. The summed E-state index contributed by atoms with van der Waals surface area (Å²) in [6.07, 6.45) is 1.52. The molecule has 0 fully saturated rings. The first kappa shape index (κ1) is 13.4. The molecule has 0 aliphatic carbocycles. The second-order valence-electron chi connectivity index (χ2n) is 4.41. The fourth-order valence-electron chi connectivity index (χ4n) is 2.10. The fourth-order valence-corrected chi connectivity index (χ4v) is 2.27. The summed E-state index contributed by atoms with van der Waals surface area (Å²) in [4.78, 5) is 15.3. The van der Waals surface area contributed by atoms with Gasteiger partial charge in [0.05, 0.1) is 5.56 Å². The van der Waals surface area contributed by atoms with Gasteiger partial charge in [-0.2, -0.15) is 0 Å². The number of carbonyl (C=O) groups is 1. The molecule has 5 heteroatoms. The van der Waals surface area contributed by atoms with Crippen LogP contribution in [0.2, 0.25) is 5.15 Å². The SMILES string of the molecule is O=C(O)c1cc(Oc2ccnc(Cl)c2)cc2ccccc12. The van der Waals surface area contributed by atoms with Crippen molar-refractivity contribution in [3.05, 3.63) is 65.4 Å². The Kier molecular flexibility index (Phi) is 3.46. The Bertz CT molecular complexity index is 833. The van der Waals surface area contributed by atoms with E-state index in [1.54, 1.807) is 30.3 Å². The van der Waals surface area contributed by atoms with Crippen molar-refractivity contribution in [3.63, 3.8) is 0 Å². The highest BCUT2D eigenvalue weighted by Crippen LogP contribution is 2.29. The molecule has 3 rings (SSSR count). The van der Waals surface area contributed by atoms with Crippen LogP contribution in [0.1, 0.15) is 10.4 Å². The van der Waals surface area contributed by atoms with Gasteiger partial charge in [0.25, 0.3) is 0 Å². The molecule has 0 saturated carbocycles. The number of nitrogens with zero attached hydrogens (tertiary/aromatic N) is 1.